The fourth-order valence-corrected chi connectivity index (χ4v) is 3.11. The fourth-order valence-electron chi connectivity index (χ4n) is 3.11. The number of hydrogen-bond acceptors (Lipinski definition) is 4. The van der Waals surface area contributed by atoms with Crippen molar-refractivity contribution in [1.82, 2.24) is 14.8 Å². The normalized spacial score (nSPS) is 12.7. The largest absolute Gasteiger partial charge is 0.484 e. The Morgan fingerprint density at radius 1 is 1.22 bits per heavy atom. The number of hydrogen-bond donors (Lipinski definition) is 3. The molecule has 2 heterocycles. The van der Waals surface area contributed by atoms with Gasteiger partial charge in [0.25, 0.3) is 5.91 Å². The summed E-state index contributed by atoms with van der Waals surface area (Å²) < 4.78 is 43.1. The van der Waals surface area contributed by atoms with E-state index in [4.69, 9.17) is 4.74 Å². The second-order valence-corrected chi connectivity index (χ2v) is 7.20. The number of nitrogens with zero attached hydrogens (tertiary/aromatic N) is 2. The number of ether oxygens (including phenoxy) is 1. The molecule has 0 aliphatic heterocycles. The summed E-state index contributed by atoms with van der Waals surface area (Å²) in [6.07, 6.45) is -0.425. The number of aliphatic hydroxyl groups is 1. The number of rotatable bonds is 6. The second-order valence-electron chi connectivity index (χ2n) is 7.20. The summed E-state index contributed by atoms with van der Waals surface area (Å²) in [5.74, 6) is -0.394. The number of amides is 1. The van der Waals surface area contributed by atoms with Crippen molar-refractivity contribution >= 4 is 22.5 Å². The van der Waals surface area contributed by atoms with Crippen molar-refractivity contribution in [1.29, 1.82) is 0 Å². The highest BCUT2D eigenvalue weighted by molar-refractivity contribution is 6.04. The van der Waals surface area contributed by atoms with Gasteiger partial charge in [0.05, 0.1) is 17.6 Å². The average molecular weight is 444 g/mol. The van der Waals surface area contributed by atoms with Crippen LogP contribution < -0.4 is 10.1 Å². The van der Waals surface area contributed by atoms with Crippen LogP contribution in [0.3, 0.4) is 0 Å². The Bertz CT molecular complexity index is 1240. The first-order valence-electron chi connectivity index (χ1n) is 9.65. The van der Waals surface area contributed by atoms with E-state index in [1.807, 2.05) is 18.2 Å². The van der Waals surface area contributed by atoms with E-state index in [0.29, 0.717) is 11.4 Å². The molecule has 1 amide bonds. The van der Waals surface area contributed by atoms with E-state index < -0.39 is 24.8 Å². The lowest BCUT2D eigenvalue weighted by molar-refractivity contribution is -0.153. The highest BCUT2D eigenvalue weighted by Crippen LogP contribution is 2.29. The number of fused-ring (bicyclic) bond motifs is 1. The summed E-state index contributed by atoms with van der Waals surface area (Å²) in [4.78, 5) is 14.9. The van der Waals surface area contributed by atoms with Gasteiger partial charge in [-0.05, 0) is 48.9 Å². The van der Waals surface area contributed by atoms with Crippen LogP contribution in [0.25, 0.3) is 27.7 Å². The minimum absolute atomic E-state index is 0.114. The zero-order valence-electron chi connectivity index (χ0n) is 16.8. The summed E-state index contributed by atoms with van der Waals surface area (Å²) in [5.41, 5.74) is 3.67. The number of nitrogens with one attached hydrogen (secondary N) is 2. The zero-order valence-corrected chi connectivity index (χ0v) is 16.8. The van der Waals surface area contributed by atoms with E-state index in [9.17, 15) is 23.1 Å². The van der Waals surface area contributed by atoms with Gasteiger partial charge in [0.2, 0.25) is 0 Å². The van der Waals surface area contributed by atoms with Crippen LogP contribution in [0, 0.1) is 0 Å². The minimum Gasteiger partial charge on any atom is -0.484 e. The first kappa shape index (κ1) is 21.4. The van der Waals surface area contributed by atoms with Gasteiger partial charge in [-0.15, -0.1) is 0 Å². The third-order valence-corrected chi connectivity index (χ3v) is 4.74. The average Bonchev–Trinajstić information content (AvgIpc) is 3.39. The molecule has 0 saturated carbocycles. The number of aromatic nitrogens is 3. The van der Waals surface area contributed by atoms with Crippen LogP contribution >= 0.6 is 0 Å². The summed E-state index contributed by atoms with van der Waals surface area (Å²) in [7, 11) is 0. The highest BCUT2D eigenvalue weighted by Gasteiger charge is 2.28. The SMILES string of the molecule is C[C@H](O)C(=O)Nc1c[nH]c2ccc(-c3cnn(-c4ccc(OCC(F)(F)F)cc4)c3)cc12. The van der Waals surface area contributed by atoms with Gasteiger partial charge in [-0.25, -0.2) is 4.68 Å². The first-order valence-corrected chi connectivity index (χ1v) is 9.65. The van der Waals surface area contributed by atoms with Crippen LogP contribution in [0.2, 0.25) is 0 Å². The van der Waals surface area contributed by atoms with Crippen LogP contribution in [0.4, 0.5) is 18.9 Å². The molecule has 4 aromatic rings. The Morgan fingerprint density at radius 2 is 1.97 bits per heavy atom. The molecule has 1 atom stereocenters. The van der Waals surface area contributed by atoms with Crippen LogP contribution in [0.1, 0.15) is 6.92 Å². The number of aromatic amines is 1. The maximum atomic E-state index is 12.3. The molecule has 0 aliphatic rings. The number of alkyl halides is 3. The fraction of sp³-hybridized carbons (Fsp3) is 0.182. The van der Waals surface area contributed by atoms with Crippen molar-refractivity contribution in [2.75, 3.05) is 11.9 Å². The Balaban J connectivity index is 1.55. The molecule has 10 heteroatoms. The smallest absolute Gasteiger partial charge is 0.422 e. The van der Waals surface area contributed by atoms with Crippen LogP contribution in [0.15, 0.2) is 61.1 Å². The standard InChI is InChI=1S/C22H19F3N4O3/c1-13(30)21(31)28-20-10-26-19-7-2-14(8-18(19)20)15-9-27-29(11-15)16-3-5-17(6-4-16)32-12-22(23,24)25/h2-11,13,26,30H,12H2,1H3,(H,28,31)/t13-/m0/s1. The Morgan fingerprint density at radius 3 is 2.66 bits per heavy atom. The molecule has 2 aromatic heterocycles. The molecule has 2 aromatic carbocycles. The van der Waals surface area contributed by atoms with Gasteiger partial charge < -0.3 is 20.1 Å². The molecular formula is C22H19F3N4O3. The number of benzene rings is 2. The van der Waals surface area contributed by atoms with E-state index in [1.54, 1.807) is 35.4 Å². The maximum absolute atomic E-state index is 12.3. The number of H-pyrrole nitrogens is 1. The summed E-state index contributed by atoms with van der Waals surface area (Å²) in [5, 5.41) is 17.2. The lowest BCUT2D eigenvalue weighted by Gasteiger charge is -2.09. The monoisotopic (exact) mass is 444 g/mol. The molecule has 0 fully saturated rings. The first-order chi connectivity index (χ1) is 15.2. The van der Waals surface area contributed by atoms with Crippen molar-refractivity contribution < 1.29 is 27.8 Å². The number of anilines is 1. The van der Waals surface area contributed by atoms with Crippen LogP contribution in [-0.4, -0.2) is 44.7 Å². The lowest BCUT2D eigenvalue weighted by atomic mass is 10.1. The predicted molar refractivity (Wildman–Crippen MR) is 113 cm³/mol. The van der Waals surface area contributed by atoms with Gasteiger partial charge in [0.15, 0.2) is 6.61 Å². The van der Waals surface area contributed by atoms with E-state index in [-0.39, 0.29) is 5.75 Å². The van der Waals surface area contributed by atoms with Gasteiger partial charge in [-0.2, -0.15) is 18.3 Å². The molecule has 0 saturated heterocycles. The Labute approximate surface area is 180 Å². The molecule has 0 spiro atoms. The minimum atomic E-state index is -4.39. The van der Waals surface area contributed by atoms with Crippen molar-refractivity contribution in [2.45, 2.75) is 19.2 Å². The molecule has 4 rings (SSSR count). The van der Waals surface area contributed by atoms with Crippen molar-refractivity contribution in [3.8, 4) is 22.6 Å². The Hall–Kier alpha value is -3.79. The van der Waals surface area contributed by atoms with Gasteiger partial charge in [0.1, 0.15) is 11.9 Å². The molecule has 3 N–H and O–H groups in total. The highest BCUT2D eigenvalue weighted by atomic mass is 19.4. The van der Waals surface area contributed by atoms with E-state index in [1.165, 1.54) is 19.1 Å². The van der Waals surface area contributed by atoms with Crippen LogP contribution in [-0.2, 0) is 4.79 Å². The second kappa shape index (κ2) is 8.39. The molecule has 0 aliphatic carbocycles. The number of halogens is 3. The molecule has 166 valence electrons. The van der Waals surface area contributed by atoms with E-state index >= 15 is 0 Å². The molecular weight excluding hydrogens is 425 g/mol. The summed E-state index contributed by atoms with van der Waals surface area (Å²) >= 11 is 0. The third kappa shape index (κ3) is 4.75. The summed E-state index contributed by atoms with van der Waals surface area (Å²) in [6.45, 7) is 0.0402. The number of carbonyl (C=O) groups is 1. The zero-order chi connectivity index (χ0) is 22.9. The number of aliphatic hydroxyl groups excluding tert-OH is 1. The van der Waals surface area contributed by atoms with E-state index in [0.717, 1.165) is 22.0 Å². The van der Waals surface area contributed by atoms with Gasteiger partial charge >= 0.3 is 6.18 Å². The summed E-state index contributed by atoms with van der Waals surface area (Å²) in [6, 6.07) is 11.8. The van der Waals surface area contributed by atoms with Gasteiger partial charge in [-0.3, -0.25) is 4.79 Å². The van der Waals surface area contributed by atoms with Crippen molar-refractivity contribution in [3.63, 3.8) is 0 Å². The topological polar surface area (TPSA) is 92.2 Å². The van der Waals surface area contributed by atoms with Gasteiger partial charge in [0, 0.05) is 28.9 Å². The van der Waals surface area contributed by atoms with E-state index in [2.05, 4.69) is 15.4 Å². The predicted octanol–water partition coefficient (Wildman–Crippen LogP) is 4.28. The molecule has 32 heavy (non-hydrogen) atoms. The lowest BCUT2D eigenvalue weighted by Crippen LogP contribution is -2.24. The van der Waals surface area contributed by atoms with Crippen molar-refractivity contribution in [3.05, 3.63) is 61.1 Å². The third-order valence-electron chi connectivity index (χ3n) is 4.74. The molecule has 0 bridgehead atoms. The maximum Gasteiger partial charge on any atom is 0.422 e. The number of carbonyl (C=O) groups excluding carboxylic acids is 1. The Kier molecular flexibility index (Phi) is 5.62. The molecule has 0 unspecified atom stereocenters. The van der Waals surface area contributed by atoms with Crippen LogP contribution in [0.5, 0.6) is 5.75 Å². The van der Waals surface area contributed by atoms with Gasteiger partial charge in [-0.1, -0.05) is 6.07 Å². The van der Waals surface area contributed by atoms with Crippen molar-refractivity contribution in [2.24, 2.45) is 0 Å². The molecule has 0 radical (unpaired) electrons. The quantitative estimate of drug-likeness (QED) is 0.414. The molecule has 7 nitrogen and oxygen atoms in total.